The maximum absolute atomic E-state index is 14.5. The molecule has 0 atom stereocenters. The van der Waals surface area contributed by atoms with Gasteiger partial charge in [0.1, 0.15) is 23.0 Å². The van der Waals surface area contributed by atoms with Gasteiger partial charge in [-0.1, -0.05) is 0 Å². The molecule has 4 bridgehead atoms. The second-order valence-corrected chi connectivity index (χ2v) is 6.55. The minimum Gasteiger partial charge on any atom is -0.493 e. The smallest absolute Gasteiger partial charge is 0.227 e. The maximum Gasteiger partial charge on any atom is 0.227 e. The molecule has 1 aliphatic heterocycles. The van der Waals surface area contributed by atoms with E-state index in [-0.39, 0.29) is 24.0 Å². The van der Waals surface area contributed by atoms with Gasteiger partial charge in [0.15, 0.2) is 5.82 Å². The minimum atomic E-state index is -0.623. The van der Waals surface area contributed by atoms with E-state index in [1.807, 2.05) is 18.2 Å². The monoisotopic (exact) mass is 401 g/mol. The van der Waals surface area contributed by atoms with E-state index in [2.05, 4.69) is 27.9 Å². The summed E-state index contributed by atoms with van der Waals surface area (Å²) in [4.78, 5) is 8.29. The van der Waals surface area contributed by atoms with E-state index in [0.717, 1.165) is 11.8 Å². The highest BCUT2D eigenvalue weighted by Crippen LogP contribution is 2.33. The van der Waals surface area contributed by atoms with Crippen molar-refractivity contribution < 1.29 is 18.3 Å². The van der Waals surface area contributed by atoms with Gasteiger partial charge in [0.25, 0.3) is 0 Å². The molecule has 0 fully saturated rings. The fourth-order valence-electron chi connectivity index (χ4n) is 2.90. The number of rotatable bonds is 1. The zero-order valence-corrected chi connectivity index (χ0v) is 15.7. The molecule has 0 saturated carbocycles. The van der Waals surface area contributed by atoms with Crippen LogP contribution in [0.1, 0.15) is 12.0 Å². The van der Waals surface area contributed by atoms with Gasteiger partial charge in [-0.2, -0.15) is 12.6 Å². The molecule has 8 heteroatoms. The Labute approximate surface area is 166 Å². The van der Waals surface area contributed by atoms with Gasteiger partial charge < -0.3 is 14.8 Å². The standard InChI is InChI=1S/C20H17F2N3O2S/c21-13-2-3-16-18(8-13)27-5-1-4-26-15-7-12(11-28)6-14(9-15)24-20-23-10-17(22)19(16)25-20/h2-3,6-10,28H,1,4-5,11H2,(H,23,24,25). The van der Waals surface area contributed by atoms with Crippen LogP contribution in [0, 0.1) is 11.6 Å². The zero-order chi connectivity index (χ0) is 19.5. The summed E-state index contributed by atoms with van der Waals surface area (Å²) in [5.74, 6) is 0.520. The van der Waals surface area contributed by atoms with Crippen LogP contribution < -0.4 is 14.8 Å². The minimum absolute atomic E-state index is 0.0337. The molecule has 0 spiro atoms. The Balaban J connectivity index is 1.82. The van der Waals surface area contributed by atoms with Crippen LogP contribution in [0.4, 0.5) is 20.4 Å². The van der Waals surface area contributed by atoms with Crippen molar-refractivity contribution in [2.24, 2.45) is 0 Å². The van der Waals surface area contributed by atoms with Gasteiger partial charge in [0.2, 0.25) is 5.95 Å². The van der Waals surface area contributed by atoms with E-state index in [1.54, 1.807) is 0 Å². The summed E-state index contributed by atoms with van der Waals surface area (Å²) < 4.78 is 39.6. The highest BCUT2D eigenvalue weighted by Gasteiger charge is 2.16. The Morgan fingerprint density at radius 3 is 2.79 bits per heavy atom. The van der Waals surface area contributed by atoms with E-state index in [1.165, 1.54) is 18.2 Å². The normalized spacial score (nSPS) is 13.4. The lowest BCUT2D eigenvalue weighted by atomic mass is 10.1. The van der Waals surface area contributed by atoms with Crippen molar-refractivity contribution in [2.75, 3.05) is 18.5 Å². The van der Waals surface area contributed by atoms with Gasteiger partial charge in [-0.25, -0.2) is 18.7 Å². The second-order valence-electron chi connectivity index (χ2n) is 6.23. The molecule has 1 N–H and O–H groups in total. The van der Waals surface area contributed by atoms with Crippen LogP contribution in [0.5, 0.6) is 11.5 Å². The van der Waals surface area contributed by atoms with E-state index >= 15 is 0 Å². The van der Waals surface area contributed by atoms with Crippen molar-refractivity contribution >= 4 is 24.3 Å². The largest absolute Gasteiger partial charge is 0.493 e. The van der Waals surface area contributed by atoms with Crippen molar-refractivity contribution in [2.45, 2.75) is 12.2 Å². The zero-order valence-electron chi connectivity index (χ0n) is 14.8. The molecule has 28 heavy (non-hydrogen) atoms. The average Bonchev–Trinajstić information content (AvgIpc) is 2.69. The predicted molar refractivity (Wildman–Crippen MR) is 105 cm³/mol. The number of nitrogens with one attached hydrogen (secondary N) is 1. The summed E-state index contributed by atoms with van der Waals surface area (Å²) in [5.41, 5.74) is 2.04. The Kier molecular flexibility index (Phi) is 5.29. The van der Waals surface area contributed by atoms with Gasteiger partial charge >= 0.3 is 0 Å². The molecule has 2 heterocycles. The summed E-state index contributed by atoms with van der Waals surface area (Å²) in [6.07, 6.45) is 1.64. The predicted octanol–water partition coefficient (Wildman–Crippen LogP) is 4.76. The molecule has 0 amide bonds. The average molecular weight is 401 g/mol. The van der Waals surface area contributed by atoms with Gasteiger partial charge in [0, 0.05) is 35.6 Å². The third-order valence-corrected chi connectivity index (χ3v) is 4.53. The maximum atomic E-state index is 14.5. The summed E-state index contributed by atoms with van der Waals surface area (Å²) in [6.45, 7) is 0.698. The lowest BCUT2D eigenvalue weighted by Gasteiger charge is -2.15. The van der Waals surface area contributed by atoms with E-state index in [0.29, 0.717) is 35.8 Å². The van der Waals surface area contributed by atoms with Crippen molar-refractivity contribution in [1.29, 1.82) is 0 Å². The second kappa shape index (κ2) is 8.02. The van der Waals surface area contributed by atoms with Crippen molar-refractivity contribution in [3.05, 3.63) is 59.8 Å². The molecule has 0 saturated heterocycles. The molecule has 144 valence electrons. The molecule has 1 aliphatic rings. The number of thiol groups is 1. The molecule has 3 aromatic rings. The SMILES string of the molecule is Fc1ccc2c(c1)OCCCOc1cc(CS)cc(c1)Nc1ncc(F)c-2n1. The number of fused-ring (bicyclic) bond motifs is 6. The van der Waals surface area contributed by atoms with Crippen LogP contribution in [0.3, 0.4) is 0 Å². The van der Waals surface area contributed by atoms with Crippen molar-refractivity contribution in [3.63, 3.8) is 0 Å². The van der Waals surface area contributed by atoms with Crippen LogP contribution in [0.2, 0.25) is 0 Å². The molecule has 0 aliphatic carbocycles. The number of aromatic nitrogens is 2. The molecular weight excluding hydrogens is 384 g/mol. The Morgan fingerprint density at radius 1 is 1.07 bits per heavy atom. The molecule has 2 aromatic carbocycles. The highest BCUT2D eigenvalue weighted by atomic mass is 32.1. The van der Waals surface area contributed by atoms with Gasteiger partial charge in [0.05, 0.1) is 19.4 Å². The summed E-state index contributed by atoms with van der Waals surface area (Å²) in [6, 6.07) is 9.51. The molecular formula is C20H17F2N3O2S. The first kappa shape index (κ1) is 18.5. The fraction of sp³-hybridized carbons (Fsp3) is 0.200. The van der Waals surface area contributed by atoms with E-state index in [4.69, 9.17) is 9.47 Å². The fourth-order valence-corrected chi connectivity index (χ4v) is 3.08. The summed E-state index contributed by atoms with van der Waals surface area (Å²) in [5, 5.41) is 3.06. The van der Waals surface area contributed by atoms with Crippen LogP contribution >= 0.6 is 12.6 Å². The Bertz CT molecular complexity index is 1020. The molecule has 0 unspecified atom stereocenters. The van der Waals surface area contributed by atoms with Crippen molar-refractivity contribution in [3.8, 4) is 22.8 Å². The Hall–Kier alpha value is -2.87. The first-order valence-corrected chi connectivity index (χ1v) is 9.35. The lowest BCUT2D eigenvalue weighted by molar-refractivity contribution is 0.247. The summed E-state index contributed by atoms with van der Waals surface area (Å²) in [7, 11) is 0. The number of ether oxygens (including phenoxy) is 2. The number of halogens is 2. The Morgan fingerprint density at radius 2 is 1.93 bits per heavy atom. The first-order chi connectivity index (χ1) is 13.6. The van der Waals surface area contributed by atoms with Crippen LogP contribution in [0.25, 0.3) is 11.3 Å². The number of hydrogen-bond acceptors (Lipinski definition) is 6. The topological polar surface area (TPSA) is 56.3 Å². The van der Waals surface area contributed by atoms with Gasteiger partial charge in [-0.3, -0.25) is 0 Å². The lowest BCUT2D eigenvalue weighted by Crippen LogP contribution is -2.08. The first-order valence-electron chi connectivity index (χ1n) is 8.72. The quantitative estimate of drug-likeness (QED) is 0.576. The number of nitrogens with zero attached hydrogens (tertiary/aromatic N) is 2. The number of hydrogen-bond donors (Lipinski definition) is 2. The molecule has 0 radical (unpaired) electrons. The molecule has 5 nitrogen and oxygen atoms in total. The van der Waals surface area contributed by atoms with E-state index in [9.17, 15) is 8.78 Å². The van der Waals surface area contributed by atoms with Crippen LogP contribution in [-0.4, -0.2) is 23.2 Å². The summed E-state index contributed by atoms with van der Waals surface area (Å²) >= 11 is 4.32. The van der Waals surface area contributed by atoms with E-state index < -0.39 is 11.6 Å². The highest BCUT2D eigenvalue weighted by molar-refractivity contribution is 7.79. The van der Waals surface area contributed by atoms with Crippen molar-refractivity contribution in [1.82, 2.24) is 9.97 Å². The van der Waals surface area contributed by atoms with Gasteiger partial charge in [-0.05, 0) is 29.8 Å². The third-order valence-electron chi connectivity index (χ3n) is 4.16. The number of anilines is 2. The van der Waals surface area contributed by atoms with Gasteiger partial charge in [-0.15, -0.1) is 0 Å². The van der Waals surface area contributed by atoms with Crippen LogP contribution in [0.15, 0.2) is 42.6 Å². The molecule has 1 aromatic heterocycles. The third kappa shape index (κ3) is 4.01. The van der Waals surface area contributed by atoms with Crippen LogP contribution in [-0.2, 0) is 5.75 Å². The molecule has 4 rings (SSSR count). The number of benzene rings is 2.